The molecule has 0 aliphatic carbocycles. The van der Waals surface area contributed by atoms with Crippen LogP contribution in [0.1, 0.15) is 19.3 Å². The van der Waals surface area contributed by atoms with Gasteiger partial charge in [0.05, 0.1) is 5.75 Å². The van der Waals surface area contributed by atoms with Gasteiger partial charge in [0.1, 0.15) is 6.04 Å². The molecule has 2 aromatic rings. The lowest BCUT2D eigenvalue weighted by atomic mass is 10.0. The highest BCUT2D eigenvalue weighted by Gasteiger charge is 2.30. The fourth-order valence-electron chi connectivity index (χ4n) is 2.74. The molecule has 0 saturated carbocycles. The maximum Gasteiger partial charge on any atom is 0.277 e. The molecular formula is C16H17BrN4O3S. The van der Waals surface area contributed by atoms with E-state index in [1.807, 2.05) is 24.3 Å². The number of aromatic nitrogens is 2. The Balaban J connectivity index is 1.62. The number of hydrogen-bond donors (Lipinski definition) is 1. The molecule has 1 unspecified atom stereocenters. The Hall–Kier alpha value is -1.87. The van der Waals surface area contributed by atoms with E-state index < -0.39 is 11.9 Å². The third-order valence-corrected chi connectivity index (χ3v) is 5.25. The van der Waals surface area contributed by atoms with Crippen molar-refractivity contribution in [2.24, 2.45) is 5.73 Å². The molecule has 0 bridgehead atoms. The summed E-state index contributed by atoms with van der Waals surface area (Å²) in [6, 6.07) is 7.01. The van der Waals surface area contributed by atoms with E-state index in [4.69, 9.17) is 10.2 Å². The molecule has 1 aliphatic rings. The summed E-state index contributed by atoms with van der Waals surface area (Å²) in [7, 11) is 0. The van der Waals surface area contributed by atoms with E-state index in [1.165, 1.54) is 0 Å². The molecule has 0 spiro atoms. The monoisotopic (exact) mass is 424 g/mol. The van der Waals surface area contributed by atoms with Crippen LogP contribution < -0.4 is 5.73 Å². The molecule has 1 aromatic carbocycles. The van der Waals surface area contributed by atoms with Crippen molar-refractivity contribution < 1.29 is 14.0 Å². The first-order chi connectivity index (χ1) is 12.0. The van der Waals surface area contributed by atoms with Crippen LogP contribution in [0.25, 0.3) is 11.5 Å². The zero-order valence-electron chi connectivity index (χ0n) is 13.4. The molecule has 9 heteroatoms. The quantitative estimate of drug-likeness (QED) is 0.739. The Labute approximate surface area is 157 Å². The Morgan fingerprint density at radius 1 is 1.36 bits per heavy atom. The highest BCUT2D eigenvalue weighted by Crippen LogP contribution is 2.26. The SMILES string of the molecule is NC(=O)C1CCCCN1C(=O)CSc1nnc(-c2cccc(Br)c2)o1. The molecule has 1 atom stereocenters. The number of rotatable bonds is 5. The van der Waals surface area contributed by atoms with Crippen LogP contribution in [0.3, 0.4) is 0 Å². The summed E-state index contributed by atoms with van der Waals surface area (Å²) in [5, 5.41) is 8.28. The van der Waals surface area contributed by atoms with Crippen molar-refractivity contribution in [2.45, 2.75) is 30.5 Å². The number of hydrogen-bond acceptors (Lipinski definition) is 6. The van der Waals surface area contributed by atoms with Crippen LogP contribution in [0.15, 0.2) is 38.4 Å². The number of thioether (sulfide) groups is 1. The molecule has 25 heavy (non-hydrogen) atoms. The van der Waals surface area contributed by atoms with E-state index in [0.717, 1.165) is 34.6 Å². The molecule has 2 amide bonds. The minimum absolute atomic E-state index is 0.129. The largest absolute Gasteiger partial charge is 0.411 e. The second kappa shape index (κ2) is 8.01. The summed E-state index contributed by atoms with van der Waals surface area (Å²) in [5.41, 5.74) is 6.19. The number of nitrogens with two attached hydrogens (primary N) is 1. The summed E-state index contributed by atoms with van der Waals surface area (Å²) in [6.45, 7) is 0.556. The van der Waals surface area contributed by atoms with Gasteiger partial charge in [0.2, 0.25) is 17.7 Å². The van der Waals surface area contributed by atoms with Crippen molar-refractivity contribution in [2.75, 3.05) is 12.3 Å². The fourth-order valence-corrected chi connectivity index (χ4v) is 3.79. The predicted molar refractivity (Wildman–Crippen MR) is 96.7 cm³/mol. The lowest BCUT2D eigenvalue weighted by Crippen LogP contribution is -2.51. The number of halogens is 1. The topological polar surface area (TPSA) is 102 Å². The van der Waals surface area contributed by atoms with Crippen LogP contribution in [0.5, 0.6) is 0 Å². The summed E-state index contributed by atoms with van der Waals surface area (Å²) >= 11 is 4.55. The number of amides is 2. The second-order valence-electron chi connectivity index (χ2n) is 5.67. The number of likely N-dealkylation sites (tertiary alicyclic amines) is 1. The number of nitrogens with zero attached hydrogens (tertiary/aromatic N) is 3. The van der Waals surface area contributed by atoms with Gasteiger partial charge in [-0.25, -0.2) is 0 Å². The Bertz CT molecular complexity index is 782. The van der Waals surface area contributed by atoms with Gasteiger partial charge in [-0.1, -0.05) is 33.8 Å². The Kier molecular flexibility index (Phi) is 5.74. The third kappa shape index (κ3) is 4.40. The van der Waals surface area contributed by atoms with Gasteiger partial charge in [0, 0.05) is 16.6 Å². The summed E-state index contributed by atoms with van der Waals surface area (Å²) < 4.78 is 6.51. The molecule has 2 heterocycles. The van der Waals surface area contributed by atoms with E-state index in [9.17, 15) is 9.59 Å². The minimum Gasteiger partial charge on any atom is -0.411 e. The molecule has 132 valence electrons. The van der Waals surface area contributed by atoms with Gasteiger partial charge in [-0.3, -0.25) is 9.59 Å². The Morgan fingerprint density at radius 3 is 2.96 bits per heavy atom. The van der Waals surface area contributed by atoms with Crippen LogP contribution in [-0.4, -0.2) is 45.3 Å². The van der Waals surface area contributed by atoms with E-state index in [0.29, 0.717) is 24.1 Å². The van der Waals surface area contributed by atoms with Gasteiger partial charge < -0.3 is 15.1 Å². The van der Waals surface area contributed by atoms with Gasteiger partial charge in [0.15, 0.2) is 0 Å². The highest BCUT2D eigenvalue weighted by molar-refractivity contribution is 9.10. The molecule has 1 saturated heterocycles. The molecule has 7 nitrogen and oxygen atoms in total. The van der Waals surface area contributed by atoms with E-state index in [2.05, 4.69) is 26.1 Å². The van der Waals surface area contributed by atoms with E-state index >= 15 is 0 Å². The maximum absolute atomic E-state index is 12.4. The number of carbonyl (C=O) groups is 2. The van der Waals surface area contributed by atoms with Crippen molar-refractivity contribution in [3.63, 3.8) is 0 Å². The third-order valence-electron chi connectivity index (χ3n) is 3.95. The fraction of sp³-hybridized carbons (Fsp3) is 0.375. The zero-order chi connectivity index (χ0) is 17.8. The predicted octanol–water partition coefficient (Wildman–Crippen LogP) is 2.46. The number of carbonyl (C=O) groups excluding carboxylic acids is 2. The number of piperidine rings is 1. The van der Waals surface area contributed by atoms with Crippen molar-refractivity contribution in [3.05, 3.63) is 28.7 Å². The first kappa shape index (κ1) is 17.9. The molecule has 3 rings (SSSR count). The summed E-state index contributed by atoms with van der Waals surface area (Å²) in [6.07, 6.45) is 2.41. The minimum atomic E-state index is -0.512. The van der Waals surface area contributed by atoms with Gasteiger partial charge in [-0.15, -0.1) is 10.2 Å². The highest BCUT2D eigenvalue weighted by atomic mass is 79.9. The first-order valence-electron chi connectivity index (χ1n) is 7.85. The van der Waals surface area contributed by atoms with Crippen molar-refractivity contribution in [3.8, 4) is 11.5 Å². The molecule has 2 N–H and O–H groups in total. The van der Waals surface area contributed by atoms with E-state index in [-0.39, 0.29) is 11.7 Å². The van der Waals surface area contributed by atoms with Crippen LogP contribution in [-0.2, 0) is 9.59 Å². The zero-order valence-corrected chi connectivity index (χ0v) is 15.8. The molecule has 0 radical (unpaired) electrons. The second-order valence-corrected chi connectivity index (χ2v) is 7.52. The summed E-state index contributed by atoms with van der Waals surface area (Å²) in [4.78, 5) is 25.5. The van der Waals surface area contributed by atoms with Crippen LogP contribution >= 0.6 is 27.7 Å². The van der Waals surface area contributed by atoms with Gasteiger partial charge >= 0.3 is 0 Å². The van der Waals surface area contributed by atoms with Crippen molar-refractivity contribution in [1.82, 2.24) is 15.1 Å². The maximum atomic E-state index is 12.4. The van der Waals surface area contributed by atoms with E-state index in [1.54, 1.807) is 4.90 Å². The van der Waals surface area contributed by atoms with Crippen molar-refractivity contribution in [1.29, 1.82) is 0 Å². The molecule has 1 fully saturated rings. The normalized spacial score (nSPS) is 17.5. The summed E-state index contributed by atoms with van der Waals surface area (Å²) in [5.74, 6) is -0.0723. The number of benzene rings is 1. The van der Waals surface area contributed by atoms with Crippen molar-refractivity contribution >= 4 is 39.5 Å². The lowest BCUT2D eigenvalue weighted by Gasteiger charge is -2.33. The van der Waals surface area contributed by atoms with Crippen LogP contribution in [0.4, 0.5) is 0 Å². The van der Waals surface area contributed by atoms with Crippen LogP contribution in [0.2, 0.25) is 0 Å². The van der Waals surface area contributed by atoms with Gasteiger partial charge in [-0.2, -0.15) is 0 Å². The standard InChI is InChI=1S/C16H17BrN4O3S/c17-11-5-3-4-10(8-11)15-19-20-16(24-15)25-9-13(22)21-7-2-1-6-12(21)14(18)23/h3-5,8,12H,1-2,6-7,9H2,(H2,18,23). The number of primary amides is 1. The van der Waals surface area contributed by atoms with Crippen LogP contribution in [0, 0.1) is 0 Å². The average molecular weight is 425 g/mol. The van der Waals surface area contributed by atoms with Gasteiger partial charge in [-0.05, 0) is 37.5 Å². The molecule has 1 aliphatic heterocycles. The lowest BCUT2D eigenvalue weighted by molar-refractivity contribution is -0.138. The molecule has 1 aromatic heterocycles. The average Bonchev–Trinajstić information content (AvgIpc) is 3.08. The molecular weight excluding hydrogens is 408 g/mol. The smallest absolute Gasteiger partial charge is 0.277 e. The Morgan fingerprint density at radius 2 is 2.20 bits per heavy atom. The van der Waals surface area contributed by atoms with Gasteiger partial charge in [0.25, 0.3) is 5.22 Å². The first-order valence-corrected chi connectivity index (χ1v) is 9.63.